The molecule has 1 fully saturated rings. The minimum atomic E-state index is -0.141. The molecule has 0 saturated carbocycles. The van der Waals surface area contributed by atoms with Gasteiger partial charge in [-0.3, -0.25) is 4.79 Å². The van der Waals surface area contributed by atoms with Crippen LogP contribution in [0.5, 0.6) is 0 Å². The summed E-state index contributed by atoms with van der Waals surface area (Å²) in [4.78, 5) is 13.2. The fraction of sp³-hybridized carbons (Fsp3) is 0.471. The number of thiophene rings is 1. The van der Waals surface area contributed by atoms with Crippen molar-refractivity contribution >= 4 is 27.2 Å². The molecule has 0 radical (unpaired) electrons. The molecule has 0 bridgehead atoms. The Bertz CT molecular complexity index is 605. The predicted molar refractivity (Wildman–Crippen MR) is 85.6 cm³/mol. The van der Waals surface area contributed by atoms with E-state index in [9.17, 15) is 4.79 Å². The maximum Gasteiger partial charge on any atom is 0.170 e. The van der Waals surface area contributed by atoms with Gasteiger partial charge in [0.15, 0.2) is 5.78 Å². The SMILES string of the molecule is CCCC1(C(=O)c2cccc3ccsc23)CCNCC1. The molecule has 1 aromatic heterocycles. The van der Waals surface area contributed by atoms with Gasteiger partial charge < -0.3 is 5.32 Å². The van der Waals surface area contributed by atoms with Crippen molar-refractivity contribution in [1.29, 1.82) is 0 Å². The molecule has 1 aliphatic heterocycles. The van der Waals surface area contributed by atoms with Crippen molar-refractivity contribution in [3.05, 3.63) is 35.2 Å². The van der Waals surface area contributed by atoms with E-state index in [0.29, 0.717) is 5.78 Å². The molecule has 0 unspecified atom stereocenters. The van der Waals surface area contributed by atoms with Crippen LogP contribution in [0.25, 0.3) is 10.1 Å². The molecule has 1 aliphatic rings. The highest BCUT2D eigenvalue weighted by atomic mass is 32.1. The topological polar surface area (TPSA) is 29.1 Å². The number of hydrogen-bond acceptors (Lipinski definition) is 3. The zero-order chi connectivity index (χ0) is 14.0. The van der Waals surface area contributed by atoms with Crippen LogP contribution in [0.4, 0.5) is 0 Å². The van der Waals surface area contributed by atoms with Gasteiger partial charge in [0, 0.05) is 15.7 Å². The van der Waals surface area contributed by atoms with E-state index in [1.807, 2.05) is 12.1 Å². The third kappa shape index (κ3) is 2.29. The van der Waals surface area contributed by atoms with Gasteiger partial charge in [0.1, 0.15) is 0 Å². The van der Waals surface area contributed by atoms with Crippen LogP contribution in [-0.4, -0.2) is 18.9 Å². The lowest BCUT2D eigenvalue weighted by Gasteiger charge is -2.36. The molecule has 0 atom stereocenters. The van der Waals surface area contributed by atoms with E-state index in [-0.39, 0.29) is 5.41 Å². The van der Waals surface area contributed by atoms with Crippen molar-refractivity contribution in [2.75, 3.05) is 13.1 Å². The highest BCUT2D eigenvalue weighted by Crippen LogP contribution is 2.39. The summed E-state index contributed by atoms with van der Waals surface area (Å²) in [5.74, 6) is 0.369. The first-order valence-corrected chi connectivity index (χ1v) is 8.36. The monoisotopic (exact) mass is 287 g/mol. The smallest absolute Gasteiger partial charge is 0.170 e. The van der Waals surface area contributed by atoms with Crippen molar-refractivity contribution in [1.82, 2.24) is 5.32 Å². The van der Waals surface area contributed by atoms with E-state index in [1.165, 1.54) is 5.39 Å². The van der Waals surface area contributed by atoms with Crippen LogP contribution in [0.15, 0.2) is 29.6 Å². The summed E-state index contributed by atoms with van der Waals surface area (Å²) in [5, 5.41) is 6.66. The number of piperidine rings is 1. The number of ketones is 1. The molecule has 1 N–H and O–H groups in total. The Labute approximate surface area is 124 Å². The second kappa shape index (κ2) is 5.66. The van der Waals surface area contributed by atoms with Crippen molar-refractivity contribution in [2.45, 2.75) is 32.6 Å². The molecule has 1 saturated heterocycles. The van der Waals surface area contributed by atoms with Crippen molar-refractivity contribution < 1.29 is 4.79 Å². The maximum absolute atomic E-state index is 13.2. The summed E-state index contributed by atoms with van der Waals surface area (Å²) in [5.41, 5.74) is 0.797. The number of hydrogen-bond donors (Lipinski definition) is 1. The summed E-state index contributed by atoms with van der Waals surface area (Å²) in [6, 6.07) is 8.23. The van der Waals surface area contributed by atoms with Crippen LogP contribution in [0.1, 0.15) is 43.0 Å². The van der Waals surface area contributed by atoms with Gasteiger partial charge in [-0.2, -0.15) is 0 Å². The highest BCUT2D eigenvalue weighted by Gasteiger charge is 2.39. The fourth-order valence-corrected chi connectivity index (χ4v) is 4.34. The number of fused-ring (bicyclic) bond motifs is 1. The van der Waals surface area contributed by atoms with E-state index in [0.717, 1.165) is 49.0 Å². The number of Topliss-reactive ketones (excluding diaryl/α,β-unsaturated/α-hetero) is 1. The number of benzene rings is 1. The summed E-state index contributed by atoms with van der Waals surface area (Å²) < 4.78 is 1.16. The van der Waals surface area contributed by atoms with Gasteiger partial charge in [-0.25, -0.2) is 0 Å². The molecule has 2 heterocycles. The molecule has 3 rings (SSSR count). The summed E-state index contributed by atoms with van der Waals surface area (Å²) in [6.07, 6.45) is 4.03. The Morgan fingerprint density at radius 3 is 2.85 bits per heavy atom. The highest BCUT2D eigenvalue weighted by molar-refractivity contribution is 7.17. The lowest BCUT2D eigenvalue weighted by molar-refractivity contribution is 0.0706. The van der Waals surface area contributed by atoms with Gasteiger partial charge in [0.25, 0.3) is 0 Å². The third-order valence-electron chi connectivity index (χ3n) is 4.49. The quantitative estimate of drug-likeness (QED) is 0.852. The molecule has 0 spiro atoms. The first-order valence-electron chi connectivity index (χ1n) is 7.48. The van der Waals surface area contributed by atoms with Gasteiger partial charge in [0.2, 0.25) is 0 Å². The molecular weight excluding hydrogens is 266 g/mol. The number of carbonyl (C=O) groups is 1. The minimum absolute atomic E-state index is 0.141. The average Bonchev–Trinajstić information content (AvgIpc) is 2.96. The fourth-order valence-electron chi connectivity index (χ4n) is 3.43. The van der Waals surface area contributed by atoms with Crippen LogP contribution >= 0.6 is 11.3 Å². The number of carbonyl (C=O) groups excluding carboxylic acids is 1. The van der Waals surface area contributed by atoms with Gasteiger partial charge >= 0.3 is 0 Å². The van der Waals surface area contributed by atoms with Crippen LogP contribution in [0, 0.1) is 5.41 Å². The Morgan fingerprint density at radius 1 is 1.30 bits per heavy atom. The van der Waals surface area contributed by atoms with E-state index in [2.05, 4.69) is 29.8 Å². The van der Waals surface area contributed by atoms with Crippen LogP contribution in [0.2, 0.25) is 0 Å². The Hall–Kier alpha value is -1.19. The van der Waals surface area contributed by atoms with Gasteiger partial charge in [-0.1, -0.05) is 25.5 Å². The van der Waals surface area contributed by atoms with Crippen LogP contribution in [0.3, 0.4) is 0 Å². The Morgan fingerprint density at radius 2 is 2.10 bits per heavy atom. The largest absolute Gasteiger partial charge is 0.317 e. The molecule has 1 aromatic carbocycles. The van der Waals surface area contributed by atoms with Crippen molar-refractivity contribution in [2.24, 2.45) is 5.41 Å². The molecule has 2 nitrogen and oxygen atoms in total. The Kier molecular flexibility index (Phi) is 3.90. The molecular formula is C17H21NOS. The second-order valence-electron chi connectivity index (χ2n) is 5.75. The molecule has 106 valence electrons. The van der Waals surface area contributed by atoms with E-state index < -0.39 is 0 Å². The molecule has 20 heavy (non-hydrogen) atoms. The van der Waals surface area contributed by atoms with E-state index >= 15 is 0 Å². The molecule has 0 amide bonds. The predicted octanol–water partition coefficient (Wildman–Crippen LogP) is 4.25. The van der Waals surface area contributed by atoms with Crippen molar-refractivity contribution in [3.8, 4) is 0 Å². The van der Waals surface area contributed by atoms with E-state index in [1.54, 1.807) is 11.3 Å². The van der Waals surface area contributed by atoms with Gasteiger partial charge in [-0.15, -0.1) is 11.3 Å². The first kappa shape index (κ1) is 13.8. The zero-order valence-corrected chi connectivity index (χ0v) is 12.8. The lowest BCUT2D eigenvalue weighted by atomic mass is 9.70. The number of nitrogens with one attached hydrogen (secondary N) is 1. The number of rotatable bonds is 4. The third-order valence-corrected chi connectivity index (χ3v) is 5.46. The Balaban J connectivity index is 2.03. The van der Waals surface area contributed by atoms with Crippen LogP contribution in [-0.2, 0) is 0 Å². The van der Waals surface area contributed by atoms with E-state index in [4.69, 9.17) is 0 Å². The van der Waals surface area contributed by atoms with Crippen molar-refractivity contribution in [3.63, 3.8) is 0 Å². The molecule has 2 aromatic rings. The first-order chi connectivity index (χ1) is 9.77. The molecule has 0 aliphatic carbocycles. The van der Waals surface area contributed by atoms with Gasteiger partial charge in [-0.05, 0) is 55.3 Å². The standard InChI is InChI=1S/C17H21NOS/c1-2-7-17(8-10-18-11-9-17)16(19)14-5-3-4-13-6-12-20-15(13)14/h3-6,12,18H,2,7-11H2,1H3. The average molecular weight is 287 g/mol. The minimum Gasteiger partial charge on any atom is -0.317 e. The lowest BCUT2D eigenvalue weighted by Crippen LogP contribution is -2.42. The summed E-state index contributed by atoms with van der Waals surface area (Å²) in [6.45, 7) is 4.11. The zero-order valence-electron chi connectivity index (χ0n) is 11.9. The second-order valence-corrected chi connectivity index (χ2v) is 6.67. The normalized spacial score (nSPS) is 18.2. The van der Waals surface area contributed by atoms with Crippen LogP contribution < -0.4 is 5.32 Å². The summed E-state index contributed by atoms with van der Waals surface area (Å²) >= 11 is 1.69. The summed E-state index contributed by atoms with van der Waals surface area (Å²) in [7, 11) is 0. The van der Waals surface area contributed by atoms with Gasteiger partial charge in [0.05, 0.1) is 0 Å². The maximum atomic E-state index is 13.2. The molecule has 3 heteroatoms.